The Balaban J connectivity index is 1.48. The van der Waals surface area contributed by atoms with Crippen molar-refractivity contribution in [3.63, 3.8) is 0 Å². The minimum absolute atomic E-state index is 0.247. The van der Waals surface area contributed by atoms with Crippen LogP contribution in [0, 0.1) is 0 Å². The van der Waals surface area contributed by atoms with Gasteiger partial charge in [-0.25, -0.2) is 9.67 Å². The highest BCUT2D eigenvalue weighted by atomic mass is 16.1. The third-order valence-electron chi connectivity index (χ3n) is 3.70. The molecule has 2 N–H and O–H groups in total. The van der Waals surface area contributed by atoms with Crippen molar-refractivity contribution < 1.29 is 4.79 Å². The van der Waals surface area contributed by atoms with E-state index in [2.05, 4.69) is 25.6 Å². The zero-order chi connectivity index (χ0) is 17.1. The lowest BCUT2D eigenvalue weighted by atomic mass is 10.1. The first-order valence-electron chi connectivity index (χ1n) is 7.67. The van der Waals surface area contributed by atoms with Crippen LogP contribution < -0.4 is 5.32 Å². The van der Waals surface area contributed by atoms with Crippen molar-refractivity contribution in [2.45, 2.75) is 0 Å². The Hall–Kier alpha value is -3.74. The molecule has 7 nitrogen and oxygen atoms in total. The molecule has 0 saturated heterocycles. The molecule has 0 saturated carbocycles. The molecule has 2 aromatic carbocycles. The van der Waals surface area contributed by atoms with Crippen LogP contribution in [0.4, 0.5) is 5.69 Å². The van der Waals surface area contributed by atoms with Gasteiger partial charge in [0.15, 0.2) is 0 Å². The normalized spacial score (nSPS) is 10.6. The summed E-state index contributed by atoms with van der Waals surface area (Å²) in [5.74, 6) is -0.247. The smallest absolute Gasteiger partial charge is 0.273 e. The Kier molecular flexibility index (Phi) is 3.80. The summed E-state index contributed by atoms with van der Waals surface area (Å²) in [6.07, 6.45) is 3.08. The monoisotopic (exact) mass is 330 g/mol. The number of benzene rings is 2. The van der Waals surface area contributed by atoms with Crippen molar-refractivity contribution in [2.24, 2.45) is 0 Å². The predicted molar refractivity (Wildman–Crippen MR) is 93.3 cm³/mol. The summed E-state index contributed by atoms with van der Waals surface area (Å²) in [4.78, 5) is 16.3. The van der Waals surface area contributed by atoms with Crippen molar-refractivity contribution in [3.05, 3.63) is 79.0 Å². The van der Waals surface area contributed by atoms with Gasteiger partial charge in [0.25, 0.3) is 5.91 Å². The van der Waals surface area contributed by atoms with Gasteiger partial charge in [0.2, 0.25) is 0 Å². The molecule has 0 fully saturated rings. The van der Waals surface area contributed by atoms with Crippen LogP contribution in [0.1, 0.15) is 10.5 Å². The molecule has 7 heteroatoms. The molecule has 0 aliphatic heterocycles. The van der Waals surface area contributed by atoms with E-state index in [1.807, 2.05) is 54.6 Å². The fourth-order valence-corrected chi connectivity index (χ4v) is 2.43. The van der Waals surface area contributed by atoms with Gasteiger partial charge in [-0.3, -0.25) is 9.89 Å². The number of carbonyl (C=O) groups is 1. The van der Waals surface area contributed by atoms with Crippen LogP contribution in [0.25, 0.3) is 16.9 Å². The van der Waals surface area contributed by atoms with Gasteiger partial charge in [0, 0.05) is 11.3 Å². The second kappa shape index (κ2) is 6.40. The summed E-state index contributed by atoms with van der Waals surface area (Å²) >= 11 is 0. The molecule has 0 aliphatic carbocycles. The number of aromatic nitrogens is 5. The minimum Gasteiger partial charge on any atom is -0.321 e. The highest BCUT2D eigenvalue weighted by Crippen LogP contribution is 2.18. The van der Waals surface area contributed by atoms with Crippen LogP contribution in [-0.4, -0.2) is 30.9 Å². The molecule has 0 atom stereocenters. The summed E-state index contributed by atoms with van der Waals surface area (Å²) in [6, 6.07) is 18.7. The van der Waals surface area contributed by atoms with E-state index in [0.29, 0.717) is 11.4 Å². The Bertz CT molecular complexity index is 974. The Morgan fingerprint density at radius 2 is 1.84 bits per heavy atom. The zero-order valence-corrected chi connectivity index (χ0v) is 13.1. The van der Waals surface area contributed by atoms with Crippen molar-refractivity contribution in [1.29, 1.82) is 0 Å². The molecule has 0 spiro atoms. The van der Waals surface area contributed by atoms with Gasteiger partial charge < -0.3 is 5.32 Å². The molecule has 2 heterocycles. The number of aromatic amines is 1. The first-order chi connectivity index (χ1) is 12.3. The second-order valence-corrected chi connectivity index (χ2v) is 5.37. The number of nitrogens with zero attached hydrogens (tertiary/aromatic N) is 4. The van der Waals surface area contributed by atoms with Gasteiger partial charge in [-0.05, 0) is 30.3 Å². The van der Waals surface area contributed by atoms with Crippen LogP contribution >= 0.6 is 0 Å². The van der Waals surface area contributed by atoms with Crippen LogP contribution in [0.5, 0.6) is 0 Å². The van der Waals surface area contributed by atoms with Gasteiger partial charge in [0.1, 0.15) is 18.3 Å². The molecular formula is C18H14N6O. The van der Waals surface area contributed by atoms with Gasteiger partial charge in [-0.15, -0.1) is 0 Å². The number of carbonyl (C=O) groups excluding carboxylic acids is 1. The van der Waals surface area contributed by atoms with Crippen LogP contribution in [0.3, 0.4) is 0 Å². The number of hydrogen-bond donors (Lipinski definition) is 2. The summed E-state index contributed by atoms with van der Waals surface area (Å²) in [7, 11) is 0. The molecule has 4 aromatic rings. The fourth-order valence-electron chi connectivity index (χ4n) is 2.43. The average molecular weight is 330 g/mol. The SMILES string of the molecule is O=C(Nc1ccc(-n2cncn2)cc1)c1cc(-c2ccccc2)n[nH]1. The topological polar surface area (TPSA) is 88.5 Å². The van der Waals surface area contributed by atoms with Crippen molar-refractivity contribution in [1.82, 2.24) is 25.0 Å². The lowest BCUT2D eigenvalue weighted by Crippen LogP contribution is -2.12. The largest absolute Gasteiger partial charge is 0.321 e. The van der Waals surface area contributed by atoms with E-state index in [0.717, 1.165) is 16.9 Å². The van der Waals surface area contributed by atoms with Crippen LogP contribution in [-0.2, 0) is 0 Å². The first kappa shape index (κ1) is 14.8. The standard InChI is InChI=1S/C18H14N6O/c25-18(17-10-16(22-23-17)13-4-2-1-3-5-13)21-14-6-8-15(9-7-14)24-12-19-11-20-24/h1-12H,(H,21,25)(H,22,23). The van der Waals surface area contributed by atoms with E-state index in [4.69, 9.17) is 0 Å². The van der Waals surface area contributed by atoms with Crippen LogP contribution in [0.2, 0.25) is 0 Å². The molecule has 0 aliphatic rings. The number of H-pyrrole nitrogens is 1. The summed E-state index contributed by atoms with van der Waals surface area (Å²) < 4.78 is 1.65. The molecule has 0 radical (unpaired) electrons. The van der Waals surface area contributed by atoms with E-state index in [1.165, 1.54) is 6.33 Å². The third kappa shape index (κ3) is 3.16. The van der Waals surface area contributed by atoms with E-state index in [9.17, 15) is 4.79 Å². The Labute approximate surface area is 143 Å². The summed E-state index contributed by atoms with van der Waals surface area (Å²) in [5, 5.41) is 13.9. The number of nitrogens with one attached hydrogen (secondary N) is 2. The molecule has 4 rings (SSSR count). The molecule has 122 valence electrons. The maximum atomic E-state index is 12.4. The summed E-state index contributed by atoms with van der Waals surface area (Å²) in [5.41, 5.74) is 3.63. The summed E-state index contributed by atoms with van der Waals surface area (Å²) in [6.45, 7) is 0. The lowest BCUT2D eigenvalue weighted by Gasteiger charge is -2.05. The number of rotatable bonds is 4. The van der Waals surface area contributed by atoms with E-state index < -0.39 is 0 Å². The molecule has 25 heavy (non-hydrogen) atoms. The predicted octanol–water partition coefficient (Wildman–Crippen LogP) is 2.91. The maximum Gasteiger partial charge on any atom is 0.273 e. The Morgan fingerprint density at radius 1 is 1.04 bits per heavy atom. The molecule has 1 amide bonds. The maximum absolute atomic E-state index is 12.4. The van der Waals surface area contributed by atoms with Gasteiger partial charge in [-0.2, -0.15) is 10.2 Å². The van der Waals surface area contributed by atoms with E-state index in [-0.39, 0.29) is 5.91 Å². The fraction of sp³-hybridized carbons (Fsp3) is 0. The number of hydrogen-bond acceptors (Lipinski definition) is 4. The molecule has 0 bridgehead atoms. The quantitative estimate of drug-likeness (QED) is 0.602. The van der Waals surface area contributed by atoms with E-state index in [1.54, 1.807) is 17.1 Å². The number of amides is 1. The molecule has 2 aromatic heterocycles. The van der Waals surface area contributed by atoms with Crippen molar-refractivity contribution in [3.8, 4) is 16.9 Å². The van der Waals surface area contributed by atoms with Crippen molar-refractivity contribution >= 4 is 11.6 Å². The highest BCUT2D eigenvalue weighted by Gasteiger charge is 2.11. The minimum atomic E-state index is -0.247. The number of anilines is 1. The average Bonchev–Trinajstić information content (AvgIpc) is 3.35. The van der Waals surface area contributed by atoms with Gasteiger partial charge in [-0.1, -0.05) is 30.3 Å². The first-order valence-corrected chi connectivity index (χ1v) is 7.67. The van der Waals surface area contributed by atoms with E-state index >= 15 is 0 Å². The lowest BCUT2D eigenvalue weighted by molar-refractivity contribution is 0.102. The molecular weight excluding hydrogens is 316 g/mol. The highest BCUT2D eigenvalue weighted by molar-refractivity contribution is 6.03. The van der Waals surface area contributed by atoms with Crippen molar-refractivity contribution in [2.75, 3.05) is 5.32 Å². The third-order valence-corrected chi connectivity index (χ3v) is 3.70. The van der Waals surface area contributed by atoms with Crippen LogP contribution in [0.15, 0.2) is 73.3 Å². The van der Waals surface area contributed by atoms with Gasteiger partial charge >= 0.3 is 0 Å². The zero-order valence-electron chi connectivity index (χ0n) is 13.1. The van der Waals surface area contributed by atoms with Gasteiger partial charge in [0.05, 0.1) is 11.4 Å². The molecule has 0 unspecified atom stereocenters. The second-order valence-electron chi connectivity index (χ2n) is 5.37. The Morgan fingerprint density at radius 3 is 2.56 bits per heavy atom.